The van der Waals surface area contributed by atoms with Crippen LogP contribution in [0.2, 0.25) is 0 Å². The molecule has 0 amide bonds. The van der Waals surface area contributed by atoms with Gasteiger partial charge in [-0.05, 0) is 24.3 Å². The Bertz CT molecular complexity index is 376. The molecule has 0 aliphatic carbocycles. The van der Waals surface area contributed by atoms with E-state index >= 15 is 0 Å². The molecule has 1 aromatic carbocycles. The van der Waals surface area contributed by atoms with Crippen molar-refractivity contribution in [1.29, 1.82) is 0 Å². The topological polar surface area (TPSA) is 74.6 Å². The van der Waals surface area contributed by atoms with E-state index in [0.717, 1.165) is 0 Å². The molecule has 2 N–H and O–H groups in total. The van der Waals surface area contributed by atoms with Crippen LogP contribution in [0.3, 0.4) is 0 Å². The van der Waals surface area contributed by atoms with Gasteiger partial charge in [-0.15, -0.1) is 0 Å². The third kappa shape index (κ3) is 4.70. The molecule has 0 aliphatic heterocycles. The van der Waals surface area contributed by atoms with Crippen molar-refractivity contribution in [2.75, 3.05) is 13.3 Å². The van der Waals surface area contributed by atoms with Gasteiger partial charge in [0, 0.05) is 61.7 Å². The Hall–Kier alpha value is 0.860. The van der Waals surface area contributed by atoms with Gasteiger partial charge in [0.25, 0.3) is 0 Å². The predicted octanol–water partition coefficient (Wildman–Crippen LogP) is 0.357. The second-order valence-corrected chi connectivity index (χ2v) is 7.82. The maximum absolute atomic E-state index is 11.2. The van der Waals surface area contributed by atoms with Crippen LogP contribution in [0.1, 0.15) is 0 Å². The molecule has 4 nitrogen and oxygen atoms in total. The smallest absolute Gasteiger partial charge is 0.226 e. The molecule has 1 rings (SSSR count). The van der Waals surface area contributed by atoms with Gasteiger partial charge in [0.05, 0.1) is 0 Å². The van der Waals surface area contributed by atoms with Gasteiger partial charge < -0.3 is 9.79 Å². The third-order valence-electron chi connectivity index (χ3n) is 1.81. The number of hydrogen-bond donors (Lipinski definition) is 2. The molecule has 0 fully saturated rings. The van der Waals surface area contributed by atoms with Crippen molar-refractivity contribution in [3.63, 3.8) is 0 Å². The first kappa shape index (κ1) is 15.9. The van der Waals surface area contributed by atoms with Gasteiger partial charge in [0.15, 0.2) is 0 Å². The summed E-state index contributed by atoms with van der Waals surface area (Å²) >= 11 is 0. The Morgan fingerprint density at radius 1 is 0.867 bits per heavy atom. The maximum Gasteiger partial charge on any atom is 0.226 e. The van der Waals surface area contributed by atoms with Crippen molar-refractivity contribution in [2.24, 2.45) is 0 Å². The monoisotopic (exact) mass is 274 g/mol. The summed E-state index contributed by atoms with van der Waals surface area (Å²) < 4.78 is 22.4. The standard InChI is InChI=1S/C8H12O4P2.Ca/c1-13(9,10)7-3-5-8(6-4-7)14(2,11)12;/h3-6H,1-2H3,(H,9,10)(H,11,12);. The molecule has 2 atom stereocenters. The average Bonchev–Trinajstić information content (AvgIpc) is 2.01. The fraction of sp³-hybridized carbons (Fsp3) is 0.250. The zero-order valence-corrected chi connectivity index (χ0v) is 12.6. The first-order valence-electron chi connectivity index (χ1n) is 3.93. The van der Waals surface area contributed by atoms with Crippen LogP contribution < -0.4 is 10.6 Å². The molecule has 0 saturated heterocycles. The van der Waals surface area contributed by atoms with Crippen LogP contribution >= 0.6 is 14.7 Å². The molecular formula is C8H12CaO4P2. The van der Waals surface area contributed by atoms with Gasteiger partial charge in [-0.25, -0.2) is 0 Å². The molecule has 0 aliphatic rings. The summed E-state index contributed by atoms with van der Waals surface area (Å²) in [4.78, 5) is 18.4. The van der Waals surface area contributed by atoms with Crippen LogP contribution in [0, 0.1) is 0 Å². The van der Waals surface area contributed by atoms with Gasteiger partial charge in [-0.3, -0.25) is 9.13 Å². The molecular weight excluding hydrogens is 262 g/mol. The minimum atomic E-state index is -3.26. The molecule has 0 aromatic heterocycles. The first-order chi connectivity index (χ1) is 6.21. The van der Waals surface area contributed by atoms with Crippen molar-refractivity contribution in [3.05, 3.63) is 24.3 Å². The van der Waals surface area contributed by atoms with E-state index in [2.05, 4.69) is 0 Å². The third-order valence-corrected chi connectivity index (χ3v) is 4.32. The molecule has 2 radical (unpaired) electrons. The summed E-state index contributed by atoms with van der Waals surface area (Å²) in [6.45, 7) is 2.46. The zero-order valence-electron chi connectivity index (χ0n) is 8.62. The Kier molecular flexibility index (Phi) is 5.78. The van der Waals surface area contributed by atoms with Crippen molar-refractivity contribution in [1.82, 2.24) is 0 Å². The Balaban J connectivity index is 0.00000196. The number of hydrogen-bond acceptors (Lipinski definition) is 2. The van der Waals surface area contributed by atoms with Crippen molar-refractivity contribution in [3.8, 4) is 0 Å². The molecule has 2 unspecified atom stereocenters. The summed E-state index contributed by atoms with van der Waals surface area (Å²) in [5.74, 6) is 0. The first-order valence-corrected chi connectivity index (χ1v) is 8.14. The minimum Gasteiger partial charge on any atom is -0.341 e. The van der Waals surface area contributed by atoms with Crippen molar-refractivity contribution >= 4 is 63.1 Å². The van der Waals surface area contributed by atoms with Crippen LogP contribution in [0.4, 0.5) is 0 Å². The quantitative estimate of drug-likeness (QED) is 0.603. The van der Waals surface area contributed by atoms with E-state index in [1.165, 1.54) is 37.6 Å². The summed E-state index contributed by atoms with van der Waals surface area (Å²) in [7, 11) is -6.52. The Morgan fingerprint density at radius 3 is 1.20 bits per heavy atom. The van der Waals surface area contributed by atoms with E-state index in [1.807, 2.05) is 0 Å². The van der Waals surface area contributed by atoms with Crippen molar-refractivity contribution in [2.45, 2.75) is 0 Å². The van der Waals surface area contributed by atoms with E-state index in [1.54, 1.807) is 0 Å². The van der Waals surface area contributed by atoms with E-state index in [4.69, 9.17) is 0 Å². The summed E-state index contributed by atoms with van der Waals surface area (Å²) in [6, 6.07) is 5.62. The molecule has 15 heavy (non-hydrogen) atoms. The predicted molar refractivity (Wildman–Crippen MR) is 63.0 cm³/mol. The minimum absolute atomic E-state index is 0. The van der Waals surface area contributed by atoms with Gasteiger partial charge in [-0.1, -0.05) is 0 Å². The fourth-order valence-electron chi connectivity index (χ4n) is 1.01. The van der Waals surface area contributed by atoms with Gasteiger partial charge >= 0.3 is 0 Å². The molecule has 1 aromatic rings. The van der Waals surface area contributed by atoms with E-state index in [-0.39, 0.29) is 48.3 Å². The zero-order chi connectivity index (χ0) is 11.0. The second kappa shape index (κ2) is 5.46. The molecule has 0 saturated carbocycles. The van der Waals surface area contributed by atoms with Crippen LogP contribution in [-0.2, 0) is 9.13 Å². The molecule has 0 spiro atoms. The van der Waals surface area contributed by atoms with E-state index < -0.39 is 14.7 Å². The van der Waals surface area contributed by atoms with Gasteiger partial charge in [0.1, 0.15) is 0 Å². The van der Waals surface area contributed by atoms with Crippen LogP contribution in [0.25, 0.3) is 0 Å². The van der Waals surface area contributed by atoms with Crippen LogP contribution in [-0.4, -0.2) is 60.9 Å². The van der Waals surface area contributed by atoms with Gasteiger partial charge in [0.2, 0.25) is 14.7 Å². The summed E-state index contributed by atoms with van der Waals surface area (Å²) in [5.41, 5.74) is 0. The van der Waals surface area contributed by atoms with E-state index in [9.17, 15) is 18.9 Å². The van der Waals surface area contributed by atoms with Crippen molar-refractivity contribution < 1.29 is 18.9 Å². The average molecular weight is 274 g/mol. The van der Waals surface area contributed by atoms with Gasteiger partial charge in [-0.2, -0.15) is 0 Å². The fourth-order valence-corrected chi connectivity index (χ4v) is 2.41. The molecule has 80 valence electrons. The normalized spacial score (nSPS) is 18.4. The molecule has 7 heteroatoms. The number of benzene rings is 1. The maximum atomic E-state index is 11.2. The largest absolute Gasteiger partial charge is 0.341 e. The Morgan fingerprint density at radius 2 is 1.07 bits per heavy atom. The Labute approximate surface area is 119 Å². The SMILES string of the molecule is CP(=O)(O)c1ccc(P(C)(=O)O)cc1.[Ca]. The van der Waals surface area contributed by atoms with E-state index in [0.29, 0.717) is 0 Å². The number of rotatable bonds is 2. The molecule has 0 heterocycles. The second-order valence-electron chi connectivity index (χ2n) is 3.27. The molecule has 0 bridgehead atoms. The summed E-state index contributed by atoms with van der Waals surface area (Å²) in [5, 5.41) is 0.574. The van der Waals surface area contributed by atoms with Crippen LogP contribution in [0.5, 0.6) is 0 Å². The van der Waals surface area contributed by atoms with Crippen LogP contribution in [0.15, 0.2) is 24.3 Å². The summed E-state index contributed by atoms with van der Waals surface area (Å²) in [6.07, 6.45) is 0.